The minimum absolute atomic E-state index is 0.645. The molecular weight excluding hydrogens is 186 g/mol. The Balaban J connectivity index is 1.76. The number of aromatic nitrogens is 1. The quantitative estimate of drug-likeness (QED) is 0.709. The molecule has 1 N–H and O–H groups in total. The van der Waals surface area contributed by atoms with Crippen molar-refractivity contribution >= 4 is 17.3 Å². The van der Waals surface area contributed by atoms with Crippen molar-refractivity contribution in [1.29, 1.82) is 0 Å². The van der Waals surface area contributed by atoms with Crippen LogP contribution < -0.4 is 5.32 Å². The number of nitrogens with one attached hydrogen (secondary N) is 1. The van der Waals surface area contributed by atoms with Crippen LogP contribution in [0.2, 0.25) is 0 Å². The van der Waals surface area contributed by atoms with E-state index in [2.05, 4.69) is 15.4 Å². The Bertz CT molecular complexity index is 282. The van der Waals surface area contributed by atoms with Crippen LogP contribution in [0.4, 0.5) is 0 Å². The van der Waals surface area contributed by atoms with E-state index in [1.165, 1.54) is 6.42 Å². The zero-order valence-corrected chi connectivity index (χ0v) is 8.01. The van der Waals surface area contributed by atoms with E-state index in [0.717, 1.165) is 23.9 Å². The van der Waals surface area contributed by atoms with Crippen molar-refractivity contribution in [2.24, 2.45) is 0 Å². The molecule has 0 unspecified atom stereocenters. The molecule has 2 heterocycles. The molecule has 0 spiro atoms. The van der Waals surface area contributed by atoms with Gasteiger partial charge in [0.05, 0.1) is 6.54 Å². The Morgan fingerprint density at radius 2 is 2.54 bits per heavy atom. The third-order valence-electron chi connectivity index (χ3n) is 2.06. The Labute approximate surface area is 81.9 Å². The van der Waals surface area contributed by atoms with Gasteiger partial charge in [0.15, 0.2) is 5.11 Å². The van der Waals surface area contributed by atoms with Crippen LogP contribution in [0.25, 0.3) is 0 Å². The Kier molecular flexibility index (Phi) is 2.44. The van der Waals surface area contributed by atoms with Crippen LogP contribution in [0.5, 0.6) is 0 Å². The molecule has 0 amide bonds. The highest BCUT2D eigenvalue weighted by molar-refractivity contribution is 7.80. The summed E-state index contributed by atoms with van der Waals surface area (Å²) in [5, 5.41) is 7.71. The number of rotatable bonds is 2. The Morgan fingerprint density at radius 1 is 1.69 bits per heavy atom. The van der Waals surface area contributed by atoms with E-state index < -0.39 is 0 Å². The predicted octanol–water partition coefficient (Wildman–Crippen LogP) is 0.755. The summed E-state index contributed by atoms with van der Waals surface area (Å²) in [6.45, 7) is 2.79. The van der Waals surface area contributed by atoms with E-state index in [9.17, 15) is 0 Å². The van der Waals surface area contributed by atoms with Crippen LogP contribution in [-0.4, -0.2) is 28.3 Å². The topological polar surface area (TPSA) is 41.3 Å². The highest BCUT2D eigenvalue weighted by Crippen LogP contribution is 2.05. The molecule has 1 fully saturated rings. The van der Waals surface area contributed by atoms with E-state index in [1.807, 2.05) is 6.07 Å². The summed E-state index contributed by atoms with van der Waals surface area (Å²) < 4.78 is 4.70. The molecule has 1 aromatic heterocycles. The normalized spacial score (nSPS) is 15.2. The molecule has 2 rings (SSSR count). The van der Waals surface area contributed by atoms with Gasteiger partial charge in [-0.15, -0.1) is 0 Å². The molecule has 4 nitrogen and oxygen atoms in total. The minimum atomic E-state index is 0.645. The molecule has 1 aromatic rings. The van der Waals surface area contributed by atoms with Gasteiger partial charge in [0.1, 0.15) is 12.0 Å². The summed E-state index contributed by atoms with van der Waals surface area (Å²) in [4.78, 5) is 2.13. The highest BCUT2D eigenvalue weighted by Gasteiger charge is 2.16. The Hall–Kier alpha value is -1.10. The van der Waals surface area contributed by atoms with Gasteiger partial charge >= 0.3 is 0 Å². The standard InChI is InChI=1S/C8H11N3OS/c13-8(11-3-1-4-11)9-6-7-2-5-12-10-7/h2,5H,1,3-4,6H2,(H,9,13). The molecule has 0 bridgehead atoms. The summed E-state index contributed by atoms with van der Waals surface area (Å²) in [5.41, 5.74) is 0.878. The van der Waals surface area contributed by atoms with Crippen LogP contribution in [0, 0.1) is 0 Å². The lowest BCUT2D eigenvalue weighted by Gasteiger charge is -2.33. The van der Waals surface area contributed by atoms with Crippen molar-refractivity contribution < 1.29 is 4.52 Å². The fraction of sp³-hybridized carbons (Fsp3) is 0.500. The average Bonchev–Trinajstić information content (AvgIpc) is 2.49. The zero-order valence-electron chi connectivity index (χ0n) is 7.19. The number of likely N-dealkylation sites (tertiary alicyclic amines) is 1. The largest absolute Gasteiger partial charge is 0.364 e. The zero-order chi connectivity index (χ0) is 9.10. The van der Waals surface area contributed by atoms with Crippen molar-refractivity contribution in [3.05, 3.63) is 18.0 Å². The lowest BCUT2D eigenvalue weighted by atomic mass is 10.2. The van der Waals surface area contributed by atoms with E-state index in [0.29, 0.717) is 6.54 Å². The molecule has 70 valence electrons. The third-order valence-corrected chi connectivity index (χ3v) is 2.46. The van der Waals surface area contributed by atoms with E-state index in [-0.39, 0.29) is 0 Å². The van der Waals surface area contributed by atoms with Gasteiger partial charge in [-0.05, 0) is 18.6 Å². The predicted molar refractivity (Wildman–Crippen MR) is 52.1 cm³/mol. The molecule has 5 heteroatoms. The summed E-state index contributed by atoms with van der Waals surface area (Å²) in [5.74, 6) is 0. The van der Waals surface area contributed by atoms with Gasteiger partial charge in [-0.1, -0.05) is 5.16 Å². The maximum atomic E-state index is 5.16. The van der Waals surface area contributed by atoms with Crippen LogP contribution in [0.3, 0.4) is 0 Å². The molecule has 0 atom stereocenters. The maximum absolute atomic E-state index is 5.16. The lowest BCUT2D eigenvalue weighted by molar-refractivity contribution is 0.295. The van der Waals surface area contributed by atoms with Gasteiger partial charge < -0.3 is 14.7 Å². The molecule has 1 saturated heterocycles. The van der Waals surface area contributed by atoms with Gasteiger partial charge in [0.25, 0.3) is 0 Å². The van der Waals surface area contributed by atoms with Crippen LogP contribution in [0.1, 0.15) is 12.1 Å². The van der Waals surface area contributed by atoms with Gasteiger partial charge in [0.2, 0.25) is 0 Å². The van der Waals surface area contributed by atoms with Crippen molar-refractivity contribution in [1.82, 2.24) is 15.4 Å². The first-order chi connectivity index (χ1) is 6.36. The molecule has 0 radical (unpaired) electrons. The van der Waals surface area contributed by atoms with Gasteiger partial charge in [-0.3, -0.25) is 0 Å². The number of hydrogen-bond acceptors (Lipinski definition) is 3. The van der Waals surface area contributed by atoms with Crippen molar-refractivity contribution in [2.45, 2.75) is 13.0 Å². The van der Waals surface area contributed by atoms with Gasteiger partial charge in [-0.2, -0.15) is 0 Å². The molecule has 1 aliphatic rings. The SMILES string of the molecule is S=C(NCc1ccon1)N1CCC1. The smallest absolute Gasteiger partial charge is 0.169 e. The molecule has 13 heavy (non-hydrogen) atoms. The summed E-state index contributed by atoms with van der Waals surface area (Å²) in [6.07, 6.45) is 2.80. The van der Waals surface area contributed by atoms with Crippen molar-refractivity contribution in [2.75, 3.05) is 13.1 Å². The molecule has 0 saturated carbocycles. The van der Waals surface area contributed by atoms with E-state index in [1.54, 1.807) is 6.26 Å². The average molecular weight is 197 g/mol. The van der Waals surface area contributed by atoms with Crippen molar-refractivity contribution in [3.63, 3.8) is 0 Å². The first-order valence-corrected chi connectivity index (χ1v) is 4.69. The summed E-state index contributed by atoms with van der Waals surface area (Å²) in [6, 6.07) is 1.83. The van der Waals surface area contributed by atoms with Gasteiger partial charge in [0, 0.05) is 19.2 Å². The molecular formula is C8H11N3OS. The van der Waals surface area contributed by atoms with E-state index in [4.69, 9.17) is 16.7 Å². The highest BCUT2D eigenvalue weighted by atomic mass is 32.1. The van der Waals surface area contributed by atoms with Crippen molar-refractivity contribution in [3.8, 4) is 0 Å². The Morgan fingerprint density at radius 3 is 3.08 bits per heavy atom. The second-order valence-electron chi connectivity index (χ2n) is 2.99. The molecule has 0 aromatic carbocycles. The fourth-order valence-corrected chi connectivity index (χ4v) is 1.38. The second-order valence-corrected chi connectivity index (χ2v) is 3.38. The van der Waals surface area contributed by atoms with Gasteiger partial charge in [-0.25, -0.2) is 0 Å². The second kappa shape index (κ2) is 3.74. The van der Waals surface area contributed by atoms with Crippen LogP contribution >= 0.6 is 12.2 Å². The summed E-state index contributed by atoms with van der Waals surface area (Å²) in [7, 11) is 0. The monoisotopic (exact) mass is 197 g/mol. The molecule has 1 aliphatic heterocycles. The van der Waals surface area contributed by atoms with E-state index >= 15 is 0 Å². The number of nitrogens with zero attached hydrogens (tertiary/aromatic N) is 2. The fourth-order valence-electron chi connectivity index (χ4n) is 1.13. The minimum Gasteiger partial charge on any atom is -0.364 e. The first kappa shape index (κ1) is 8.50. The lowest BCUT2D eigenvalue weighted by Crippen LogP contribution is -2.47. The first-order valence-electron chi connectivity index (χ1n) is 4.28. The number of hydrogen-bond donors (Lipinski definition) is 1. The number of thiocarbonyl (C=S) groups is 1. The summed E-state index contributed by atoms with van der Waals surface area (Å²) >= 11 is 5.16. The third kappa shape index (κ3) is 1.98. The molecule has 0 aliphatic carbocycles. The van der Waals surface area contributed by atoms with Crippen LogP contribution in [-0.2, 0) is 6.54 Å². The van der Waals surface area contributed by atoms with Crippen LogP contribution in [0.15, 0.2) is 16.9 Å². The maximum Gasteiger partial charge on any atom is 0.169 e.